The number of halogens is 2. The third-order valence-corrected chi connectivity index (χ3v) is 4.41. The van der Waals surface area contributed by atoms with Gasteiger partial charge in [0.25, 0.3) is 0 Å². The first-order valence-electron chi connectivity index (χ1n) is 8.00. The first-order valence-corrected chi connectivity index (χ1v) is 8.76. The normalized spacial score (nSPS) is 11.0. The van der Waals surface area contributed by atoms with Crippen LogP contribution in [-0.2, 0) is 6.61 Å². The summed E-state index contributed by atoms with van der Waals surface area (Å²) in [5, 5.41) is 10.7. The minimum atomic E-state index is 0.314. The third-order valence-electron chi connectivity index (χ3n) is 3.82. The Bertz CT molecular complexity index is 975. The van der Waals surface area contributed by atoms with E-state index in [1.807, 2.05) is 66.7 Å². The van der Waals surface area contributed by atoms with Crippen molar-refractivity contribution in [2.75, 3.05) is 0 Å². The van der Waals surface area contributed by atoms with E-state index in [9.17, 15) is 5.26 Å². The minimum absolute atomic E-state index is 0.314. The Morgan fingerprint density at radius 1 is 0.962 bits per heavy atom. The summed E-state index contributed by atoms with van der Waals surface area (Å²) in [6.45, 7) is 0.314. The van der Waals surface area contributed by atoms with Crippen LogP contribution in [0.1, 0.15) is 16.7 Å². The Hall–Kier alpha value is -2.73. The van der Waals surface area contributed by atoms with Crippen molar-refractivity contribution in [2.24, 2.45) is 0 Å². The minimum Gasteiger partial charge on any atom is -0.488 e. The van der Waals surface area contributed by atoms with E-state index in [1.165, 1.54) is 0 Å². The molecular formula is C22H15Cl2NO. The molecule has 0 aliphatic heterocycles. The van der Waals surface area contributed by atoms with Crippen LogP contribution in [0.3, 0.4) is 0 Å². The highest BCUT2D eigenvalue weighted by molar-refractivity contribution is 6.35. The van der Waals surface area contributed by atoms with Crippen LogP contribution in [0.5, 0.6) is 5.75 Å². The Morgan fingerprint density at radius 3 is 2.42 bits per heavy atom. The number of nitriles is 1. The number of nitrogens with zero attached hydrogens (tertiary/aromatic N) is 1. The summed E-state index contributed by atoms with van der Waals surface area (Å²) in [6.07, 6.45) is 1.83. The predicted molar refractivity (Wildman–Crippen MR) is 107 cm³/mol. The molecule has 3 aromatic carbocycles. The third kappa shape index (κ3) is 4.46. The van der Waals surface area contributed by atoms with Crippen molar-refractivity contribution in [1.82, 2.24) is 0 Å². The Kier molecular flexibility index (Phi) is 5.96. The molecule has 0 spiro atoms. The molecule has 3 aromatic rings. The Labute approximate surface area is 162 Å². The molecule has 2 nitrogen and oxygen atoms in total. The van der Waals surface area contributed by atoms with Gasteiger partial charge < -0.3 is 4.74 Å². The van der Waals surface area contributed by atoms with Crippen molar-refractivity contribution >= 4 is 34.9 Å². The highest BCUT2D eigenvalue weighted by atomic mass is 35.5. The summed E-state index contributed by atoms with van der Waals surface area (Å²) in [5.74, 6) is 0.683. The van der Waals surface area contributed by atoms with Crippen LogP contribution in [0.15, 0.2) is 72.8 Å². The van der Waals surface area contributed by atoms with Gasteiger partial charge in [-0.3, -0.25) is 0 Å². The van der Waals surface area contributed by atoms with E-state index in [0.29, 0.717) is 28.0 Å². The van der Waals surface area contributed by atoms with Crippen LogP contribution < -0.4 is 4.74 Å². The van der Waals surface area contributed by atoms with Gasteiger partial charge in [0.15, 0.2) is 0 Å². The number of benzene rings is 3. The van der Waals surface area contributed by atoms with Crippen LogP contribution in [0, 0.1) is 11.3 Å². The van der Waals surface area contributed by atoms with Crippen molar-refractivity contribution in [2.45, 2.75) is 6.61 Å². The number of para-hydroxylation sites is 1. The average Bonchev–Trinajstić information content (AvgIpc) is 2.67. The van der Waals surface area contributed by atoms with Crippen LogP contribution in [0.2, 0.25) is 10.0 Å². The number of hydrogen-bond donors (Lipinski definition) is 0. The van der Waals surface area contributed by atoms with Crippen LogP contribution in [0.4, 0.5) is 0 Å². The monoisotopic (exact) mass is 379 g/mol. The second-order valence-corrected chi connectivity index (χ2v) is 6.44. The van der Waals surface area contributed by atoms with Crippen molar-refractivity contribution in [3.8, 4) is 11.8 Å². The van der Waals surface area contributed by atoms with Crippen LogP contribution in [0.25, 0.3) is 11.6 Å². The highest BCUT2D eigenvalue weighted by Gasteiger charge is 2.07. The molecule has 26 heavy (non-hydrogen) atoms. The topological polar surface area (TPSA) is 33.0 Å². The Morgan fingerprint density at radius 2 is 1.69 bits per heavy atom. The van der Waals surface area contributed by atoms with Gasteiger partial charge in [0.05, 0.1) is 11.6 Å². The quantitative estimate of drug-likeness (QED) is 0.367. The second-order valence-electron chi connectivity index (χ2n) is 5.60. The van der Waals surface area contributed by atoms with Gasteiger partial charge in [-0.25, -0.2) is 0 Å². The second kappa shape index (κ2) is 8.58. The maximum absolute atomic E-state index is 9.51. The molecule has 0 saturated heterocycles. The number of rotatable bonds is 5. The fourth-order valence-electron chi connectivity index (χ4n) is 2.48. The van der Waals surface area contributed by atoms with Gasteiger partial charge in [-0.1, -0.05) is 77.8 Å². The molecule has 0 bridgehead atoms. The number of allylic oxidation sites excluding steroid dienone is 1. The molecular weight excluding hydrogens is 365 g/mol. The fourth-order valence-corrected chi connectivity index (χ4v) is 2.94. The molecule has 4 heteroatoms. The summed E-state index contributed by atoms with van der Waals surface area (Å²) < 4.78 is 5.94. The van der Waals surface area contributed by atoms with Gasteiger partial charge in [0.2, 0.25) is 0 Å². The van der Waals surface area contributed by atoms with Crippen molar-refractivity contribution < 1.29 is 4.74 Å². The van der Waals surface area contributed by atoms with Gasteiger partial charge >= 0.3 is 0 Å². The van der Waals surface area contributed by atoms with Gasteiger partial charge in [-0.15, -0.1) is 0 Å². The molecule has 0 heterocycles. The van der Waals surface area contributed by atoms with Gasteiger partial charge in [-0.05, 0) is 29.8 Å². The predicted octanol–water partition coefficient (Wildman–Crippen LogP) is 6.64. The van der Waals surface area contributed by atoms with E-state index in [0.717, 1.165) is 16.7 Å². The van der Waals surface area contributed by atoms with Crippen molar-refractivity contribution in [3.63, 3.8) is 0 Å². The molecule has 0 amide bonds. The van der Waals surface area contributed by atoms with Gasteiger partial charge in [0.1, 0.15) is 12.4 Å². The average molecular weight is 380 g/mol. The van der Waals surface area contributed by atoms with E-state index in [1.54, 1.807) is 12.1 Å². The summed E-state index contributed by atoms with van der Waals surface area (Å²) >= 11 is 12.1. The zero-order valence-electron chi connectivity index (χ0n) is 13.8. The lowest BCUT2D eigenvalue weighted by Crippen LogP contribution is -1.98. The number of hydrogen-bond acceptors (Lipinski definition) is 2. The van der Waals surface area contributed by atoms with Crippen molar-refractivity contribution in [1.29, 1.82) is 5.26 Å². The zero-order chi connectivity index (χ0) is 18.4. The first kappa shape index (κ1) is 18.1. The largest absolute Gasteiger partial charge is 0.488 e. The summed E-state index contributed by atoms with van der Waals surface area (Å²) in [7, 11) is 0. The molecule has 0 N–H and O–H groups in total. The van der Waals surface area contributed by atoms with Crippen LogP contribution in [-0.4, -0.2) is 0 Å². The SMILES string of the molecule is N#C/C(=C/c1ccccc1OCc1ccc(Cl)cc1Cl)c1ccccc1. The molecule has 0 atom stereocenters. The van der Waals surface area contributed by atoms with E-state index in [2.05, 4.69) is 6.07 Å². The standard InChI is InChI=1S/C22H15Cl2NO/c23-20-11-10-18(21(24)13-20)15-26-22-9-5-4-8-17(22)12-19(14-25)16-6-2-1-3-7-16/h1-13H,15H2/b19-12-. The highest BCUT2D eigenvalue weighted by Crippen LogP contribution is 2.27. The first-order chi connectivity index (χ1) is 12.7. The molecule has 0 aromatic heterocycles. The lowest BCUT2D eigenvalue weighted by molar-refractivity contribution is 0.305. The van der Waals surface area contributed by atoms with E-state index in [-0.39, 0.29) is 0 Å². The fraction of sp³-hybridized carbons (Fsp3) is 0.0455. The van der Waals surface area contributed by atoms with Gasteiger partial charge in [0, 0.05) is 21.2 Å². The van der Waals surface area contributed by atoms with Crippen LogP contribution >= 0.6 is 23.2 Å². The van der Waals surface area contributed by atoms with Crippen molar-refractivity contribution in [3.05, 3.63) is 99.5 Å². The Balaban J connectivity index is 1.86. The zero-order valence-corrected chi connectivity index (χ0v) is 15.3. The molecule has 0 saturated carbocycles. The van der Waals surface area contributed by atoms with Gasteiger partial charge in [-0.2, -0.15) is 5.26 Å². The molecule has 3 rings (SSSR count). The van der Waals surface area contributed by atoms with E-state index in [4.69, 9.17) is 27.9 Å². The smallest absolute Gasteiger partial charge is 0.127 e. The molecule has 0 unspecified atom stereocenters. The number of ether oxygens (including phenoxy) is 1. The lowest BCUT2D eigenvalue weighted by atomic mass is 10.0. The maximum atomic E-state index is 9.51. The summed E-state index contributed by atoms with van der Waals surface area (Å²) in [6, 6.07) is 24.7. The summed E-state index contributed by atoms with van der Waals surface area (Å²) in [5.41, 5.74) is 3.12. The molecule has 0 fully saturated rings. The summed E-state index contributed by atoms with van der Waals surface area (Å²) in [4.78, 5) is 0. The van der Waals surface area contributed by atoms with E-state index < -0.39 is 0 Å². The molecule has 0 aliphatic rings. The maximum Gasteiger partial charge on any atom is 0.127 e. The lowest BCUT2D eigenvalue weighted by Gasteiger charge is -2.11. The molecule has 128 valence electrons. The van der Waals surface area contributed by atoms with E-state index >= 15 is 0 Å². The molecule has 0 aliphatic carbocycles. The molecule has 0 radical (unpaired) electrons.